The van der Waals surface area contributed by atoms with Gasteiger partial charge in [0.25, 0.3) is 0 Å². The topological polar surface area (TPSA) is 108 Å². The number of hydrogen-bond acceptors (Lipinski definition) is 6. The highest BCUT2D eigenvalue weighted by atomic mass is 35.5. The van der Waals surface area contributed by atoms with E-state index in [4.69, 9.17) is 21.1 Å². The zero-order valence-electron chi connectivity index (χ0n) is 23.0. The Kier molecular flexibility index (Phi) is 11.2. The van der Waals surface area contributed by atoms with Gasteiger partial charge in [0, 0.05) is 18.7 Å². The maximum Gasteiger partial charge on any atom is 0.335 e. The van der Waals surface area contributed by atoms with Crippen LogP contribution in [0.3, 0.4) is 0 Å². The van der Waals surface area contributed by atoms with Gasteiger partial charge in [0.15, 0.2) is 6.29 Å². The summed E-state index contributed by atoms with van der Waals surface area (Å²) < 4.78 is 11.9. The lowest BCUT2D eigenvalue weighted by atomic mass is 9.68. The molecule has 0 radical (unpaired) electrons. The second-order valence-electron chi connectivity index (χ2n) is 10.6. The van der Waals surface area contributed by atoms with Crippen LogP contribution in [0.25, 0.3) is 0 Å². The summed E-state index contributed by atoms with van der Waals surface area (Å²) in [4.78, 5) is 11.7. The number of benzene rings is 1. The van der Waals surface area contributed by atoms with Crippen LogP contribution in [0.4, 0.5) is 5.69 Å². The molecule has 0 bridgehead atoms. The molecule has 0 heterocycles. The molecule has 7 nitrogen and oxygen atoms in total. The van der Waals surface area contributed by atoms with Crippen molar-refractivity contribution in [2.24, 2.45) is 17.3 Å². The van der Waals surface area contributed by atoms with Crippen molar-refractivity contribution in [3.63, 3.8) is 0 Å². The van der Waals surface area contributed by atoms with Gasteiger partial charge < -0.3 is 30.1 Å². The molecule has 1 aromatic rings. The van der Waals surface area contributed by atoms with Gasteiger partial charge >= 0.3 is 5.97 Å². The highest BCUT2D eigenvalue weighted by Gasteiger charge is 2.45. The van der Waals surface area contributed by atoms with Crippen LogP contribution in [0.5, 0.6) is 5.75 Å². The van der Waals surface area contributed by atoms with Gasteiger partial charge in [-0.1, -0.05) is 29.3 Å². The first-order valence-electron chi connectivity index (χ1n) is 13.6. The quantitative estimate of drug-likeness (QED) is 0.148. The minimum atomic E-state index is -1.11. The molecule has 1 fully saturated rings. The molecule has 1 unspecified atom stereocenters. The van der Waals surface area contributed by atoms with Crippen LogP contribution in [0.1, 0.15) is 62.2 Å². The van der Waals surface area contributed by atoms with Crippen molar-refractivity contribution >= 4 is 23.3 Å². The fourth-order valence-electron chi connectivity index (χ4n) is 5.85. The minimum Gasteiger partial charge on any atom is -0.490 e. The predicted octanol–water partition coefficient (Wildman–Crippen LogP) is 6.29. The first kappa shape index (κ1) is 31.0. The molecular formula is C31H42ClNO6. The minimum absolute atomic E-state index is 0.124. The third kappa shape index (κ3) is 7.34. The van der Waals surface area contributed by atoms with E-state index in [9.17, 15) is 20.1 Å². The molecule has 0 aromatic heterocycles. The van der Waals surface area contributed by atoms with Gasteiger partial charge in [-0.15, -0.1) is 13.2 Å². The molecule has 1 aromatic carbocycles. The summed E-state index contributed by atoms with van der Waals surface area (Å²) >= 11 is 6.27. The number of ether oxygens (including phenoxy) is 2. The zero-order valence-corrected chi connectivity index (χ0v) is 23.8. The number of hydrogen-bond donors (Lipinski definition) is 4. The fraction of sp³-hybridized carbons (Fsp3) is 0.516. The molecular weight excluding hydrogens is 518 g/mol. The molecule has 5 atom stereocenters. The van der Waals surface area contributed by atoms with E-state index in [1.165, 1.54) is 13.2 Å². The third-order valence-corrected chi connectivity index (χ3v) is 8.26. The van der Waals surface area contributed by atoms with Crippen molar-refractivity contribution in [1.29, 1.82) is 0 Å². The molecule has 0 spiro atoms. The number of nitrogens with one attached hydrogen (secondary N) is 1. The Morgan fingerprint density at radius 3 is 2.67 bits per heavy atom. The van der Waals surface area contributed by atoms with Crippen molar-refractivity contribution in [2.75, 3.05) is 25.6 Å². The average molecular weight is 560 g/mol. The van der Waals surface area contributed by atoms with Crippen molar-refractivity contribution in [3.05, 3.63) is 71.3 Å². The van der Waals surface area contributed by atoms with Gasteiger partial charge in [0.2, 0.25) is 0 Å². The number of aliphatic hydroxyl groups is 2. The van der Waals surface area contributed by atoms with Crippen LogP contribution in [-0.4, -0.2) is 53.9 Å². The fourth-order valence-corrected chi connectivity index (χ4v) is 5.98. The molecule has 8 heteroatoms. The van der Waals surface area contributed by atoms with Gasteiger partial charge in [-0.3, -0.25) is 0 Å². The monoisotopic (exact) mass is 559 g/mol. The second-order valence-corrected chi connectivity index (χ2v) is 11.2. The van der Waals surface area contributed by atoms with Crippen LogP contribution in [0.15, 0.2) is 65.8 Å². The van der Waals surface area contributed by atoms with Crippen LogP contribution in [-0.2, 0) is 4.74 Å². The Hall–Kier alpha value is -2.58. The number of methoxy groups -OCH3 is 1. The second kappa shape index (κ2) is 14.2. The molecule has 214 valence electrons. The molecule has 0 aliphatic heterocycles. The van der Waals surface area contributed by atoms with E-state index in [1.54, 1.807) is 18.2 Å². The molecule has 1 saturated carbocycles. The van der Waals surface area contributed by atoms with Gasteiger partial charge in [-0.25, -0.2) is 4.79 Å². The largest absolute Gasteiger partial charge is 0.490 e. The summed E-state index contributed by atoms with van der Waals surface area (Å²) in [6, 6.07) is 4.72. The summed E-state index contributed by atoms with van der Waals surface area (Å²) in [6.45, 7) is 10.1. The van der Waals surface area contributed by atoms with E-state index in [2.05, 4.69) is 18.5 Å². The number of carboxylic acids is 1. The Labute approximate surface area is 236 Å². The van der Waals surface area contributed by atoms with Crippen molar-refractivity contribution in [3.8, 4) is 5.75 Å². The first-order chi connectivity index (χ1) is 18.7. The van der Waals surface area contributed by atoms with E-state index >= 15 is 0 Å². The van der Waals surface area contributed by atoms with Crippen LogP contribution in [0.2, 0.25) is 0 Å². The highest BCUT2D eigenvalue weighted by Crippen LogP contribution is 2.47. The normalized spacial score (nSPS) is 24.9. The Morgan fingerprint density at radius 2 is 2.08 bits per heavy atom. The van der Waals surface area contributed by atoms with E-state index in [0.29, 0.717) is 35.9 Å². The molecule has 2 aliphatic carbocycles. The lowest BCUT2D eigenvalue weighted by Gasteiger charge is -2.43. The SMILES string of the molecule is C=CCCC1=C(/C=C(\C)Cl)CCC[C@@]1(COc1ccc(C(=O)O)cc1NC[C@@H]1CC[C@H]1[C@@H](O)C=C)C(O)OC. The summed E-state index contributed by atoms with van der Waals surface area (Å²) in [5.41, 5.74) is 1.99. The maximum atomic E-state index is 11.7. The summed E-state index contributed by atoms with van der Waals surface area (Å²) in [5, 5.41) is 35.0. The lowest BCUT2D eigenvalue weighted by Crippen LogP contribution is -2.45. The number of rotatable bonds is 15. The first-order valence-corrected chi connectivity index (χ1v) is 14.0. The summed E-state index contributed by atoms with van der Waals surface area (Å²) in [6.07, 6.45) is 9.33. The van der Waals surface area contributed by atoms with Crippen LogP contribution in [0, 0.1) is 17.3 Å². The number of carbonyl (C=O) groups is 1. The van der Waals surface area contributed by atoms with Crippen LogP contribution < -0.4 is 10.1 Å². The average Bonchev–Trinajstić information content (AvgIpc) is 2.90. The van der Waals surface area contributed by atoms with Crippen LogP contribution >= 0.6 is 11.6 Å². The lowest BCUT2D eigenvalue weighted by molar-refractivity contribution is -0.160. The Morgan fingerprint density at radius 1 is 1.31 bits per heavy atom. The summed E-state index contributed by atoms with van der Waals surface area (Å²) in [5.74, 6) is -0.184. The molecule has 39 heavy (non-hydrogen) atoms. The number of allylic oxidation sites excluding steroid dienone is 4. The standard InChI is InChI=1S/C31H42ClNO6/c1-5-7-10-25-21(16-20(3)32)9-8-15-31(25,30(37)38-4)19-39-28-14-12-22(29(35)36)17-26(28)33-18-23-11-13-24(23)27(34)6-2/h5-6,12,14,16-17,23-24,27,30,33-34,37H,1-2,7-11,13,15,18-19H2,3-4H3,(H,35,36)/b20-16+/t23-,24+,27-,30?,31-/m0/s1. The van der Waals surface area contributed by atoms with Gasteiger partial charge in [-0.2, -0.15) is 0 Å². The van der Waals surface area contributed by atoms with Gasteiger partial charge in [-0.05, 0) is 93.6 Å². The number of anilines is 1. The number of aromatic carboxylic acids is 1. The maximum absolute atomic E-state index is 11.7. The number of aliphatic hydroxyl groups excluding tert-OH is 2. The molecule has 0 amide bonds. The van der Waals surface area contributed by atoms with E-state index in [-0.39, 0.29) is 24.0 Å². The predicted molar refractivity (Wildman–Crippen MR) is 155 cm³/mol. The molecule has 2 aliphatic rings. The van der Waals surface area contributed by atoms with Crippen molar-refractivity contribution in [1.82, 2.24) is 0 Å². The van der Waals surface area contributed by atoms with E-state index < -0.39 is 23.8 Å². The zero-order chi connectivity index (χ0) is 28.6. The summed E-state index contributed by atoms with van der Waals surface area (Å²) in [7, 11) is 1.48. The number of halogens is 1. The van der Waals surface area contributed by atoms with Crippen molar-refractivity contribution < 1.29 is 29.6 Å². The van der Waals surface area contributed by atoms with Crippen molar-refractivity contribution in [2.45, 2.75) is 64.3 Å². The molecule has 0 saturated heterocycles. The highest BCUT2D eigenvalue weighted by molar-refractivity contribution is 6.29. The van der Waals surface area contributed by atoms with E-state index in [0.717, 1.165) is 43.3 Å². The third-order valence-electron chi connectivity index (χ3n) is 8.15. The van der Waals surface area contributed by atoms with Gasteiger partial charge in [0.1, 0.15) is 12.4 Å². The molecule has 4 N–H and O–H groups in total. The Balaban J connectivity index is 1.93. The smallest absolute Gasteiger partial charge is 0.335 e. The Bertz CT molecular complexity index is 1090. The molecule has 3 rings (SSSR count). The van der Waals surface area contributed by atoms with E-state index in [1.807, 2.05) is 19.1 Å². The number of carboxylic acid groups (broad SMARTS) is 1. The van der Waals surface area contributed by atoms with Gasteiger partial charge in [0.05, 0.1) is 22.8 Å².